The molecule has 0 aromatic carbocycles. The van der Waals surface area contributed by atoms with Crippen molar-refractivity contribution in [1.82, 2.24) is 9.29 Å². The summed E-state index contributed by atoms with van der Waals surface area (Å²) in [6.45, 7) is 5.81. The number of anilines is 1. The van der Waals surface area contributed by atoms with Gasteiger partial charge in [-0.15, -0.1) is 0 Å². The molecule has 0 radical (unpaired) electrons. The SMILES string of the molecule is CCOC1CCN(c2ccc(S(=O)(=O)N3CCCC3)cn2)CC1. The molecule has 7 heteroatoms. The van der Waals surface area contributed by atoms with Gasteiger partial charge in [0, 0.05) is 39.0 Å². The second-order valence-corrected chi connectivity index (χ2v) is 8.04. The van der Waals surface area contributed by atoms with Crippen molar-refractivity contribution in [3.63, 3.8) is 0 Å². The van der Waals surface area contributed by atoms with E-state index >= 15 is 0 Å². The molecule has 3 rings (SSSR count). The van der Waals surface area contributed by atoms with Crippen molar-refractivity contribution in [2.75, 3.05) is 37.7 Å². The zero-order valence-electron chi connectivity index (χ0n) is 13.6. The van der Waals surface area contributed by atoms with Gasteiger partial charge in [-0.05, 0) is 44.7 Å². The Morgan fingerprint density at radius 3 is 2.43 bits per heavy atom. The highest BCUT2D eigenvalue weighted by molar-refractivity contribution is 7.89. The van der Waals surface area contributed by atoms with Crippen molar-refractivity contribution in [2.24, 2.45) is 0 Å². The Morgan fingerprint density at radius 1 is 1.17 bits per heavy atom. The van der Waals surface area contributed by atoms with Gasteiger partial charge in [0.1, 0.15) is 10.7 Å². The summed E-state index contributed by atoms with van der Waals surface area (Å²) in [7, 11) is -3.37. The first-order valence-corrected chi connectivity index (χ1v) is 9.88. The minimum absolute atomic E-state index is 0.298. The summed E-state index contributed by atoms with van der Waals surface area (Å²) in [4.78, 5) is 6.89. The van der Waals surface area contributed by atoms with Crippen molar-refractivity contribution in [3.8, 4) is 0 Å². The lowest BCUT2D eigenvalue weighted by atomic mass is 10.1. The second-order valence-electron chi connectivity index (χ2n) is 6.11. The van der Waals surface area contributed by atoms with Crippen LogP contribution in [-0.4, -0.2) is 56.6 Å². The molecule has 128 valence electrons. The molecule has 23 heavy (non-hydrogen) atoms. The standard InChI is InChI=1S/C16H25N3O3S/c1-2-22-14-7-11-18(12-8-14)16-6-5-15(13-17-16)23(20,21)19-9-3-4-10-19/h5-6,13-14H,2-4,7-12H2,1H3. The minimum Gasteiger partial charge on any atom is -0.378 e. The van der Waals surface area contributed by atoms with Crippen LogP contribution < -0.4 is 4.90 Å². The molecule has 0 aliphatic carbocycles. The first-order valence-electron chi connectivity index (χ1n) is 8.44. The van der Waals surface area contributed by atoms with Crippen LogP contribution in [-0.2, 0) is 14.8 Å². The third-order valence-corrected chi connectivity index (χ3v) is 6.47. The van der Waals surface area contributed by atoms with Crippen LogP contribution in [0.5, 0.6) is 0 Å². The minimum atomic E-state index is -3.37. The first-order chi connectivity index (χ1) is 11.1. The van der Waals surface area contributed by atoms with Crippen LogP contribution in [0.3, 0.4) is 0 Å². The number of sulfonamides is 1. The Balaban J connectivity index is 1.66. The van der Waals surface area contributed by atoms with Gasteiger partial charge in [0.2, 0.25) is 10.0 Å². The molecule has 1 aromatic rings. The number of aromatic nitrogens is 1. The van der Waals surface area contributed by atoms with Crippen molar-refractivity contribution < 1.29 is 13.2 Å². The van der Waals surface area contributed by atoms with E-state index in [1.165, 1.54) is 6.20 Å². The number of ether oxygens (including phenoxy) is 1. The molecule has 0 amide bonds. The molecule has 0 atom stereocenters. The molecule has 1 aromatic heterocycles. The van der Waals surface area contributed by atoms with Gasteiger partial charge >= 0.3 is 0 Å². The highest BCUT2D eigenvalue weighted by Gasteiger charge is 2.28. The number of hydrogen-bond donors (Lipinski definition) is 0. The van der Waals surface area contributed by atoms with Gasteiger partial charge in [0.25, 0.3) is 0 Å². The molecule has 2 saturated heterocycles. The summed E-state index contributed by atoms with van der Waals surface area (Å²) in [6.07, 6.45) is 5.70. The fourth-order valence-electron chi connectivity index (χ4n) is 3.28. The van der Waals surface area contributed by atoms with E-state index in [0.29, 0.717) is 24.1 Å². The highest BCUT2D eigenvalue weighted by atomic mass is 32.2. The lowest BCUT2D eigenvalue weighted by Crippen LogP contribution is -2.37. The van der Waals surface area contributed by atoms with Gasteiger partial charge in [-0.25, -0.2) is 13.4 Å². The average Bonchev–Trinajstić information content (AvgIpc) is 3.11. The Bertz CT molecular complexity index is 604. The maximum Gasteiger partial charge on any atom is 0.244 e. The van der Waals surface area contributed by atoms with Crippen LogP contribution in [0.15, 0.2) is 23.2 Å². The predicted molar refractivity (Wildman–Crippen MR) is 89.1 cm³/mol. The fourth-order valence-corrected chi connectivity index (χ4v) is 4.74. The van der Waals surface area contributed by atoms with Crippen LogP contribution in [0.25, 0.3) is 0 Å². The van der Waals surface area contributed by atoms with Crippen LogP contribution in [0.2, 0.25) is 0 Å². The van der Waals surface area contributed by atoms with Crippen molar-refractivity contribution in [1.29, 1.82) is 0 Å². The number of piperidine rings is 1. The van der Waals surface area contributed by atoms with Crippen LogP contribution in [0, 0.1) is 0 Å². The molecular formula is C16H25N3O3S. The second kappa shape index (κ2) is 7.15. The fraction of sp³-hybridized carbons (Fsp3) is 0.688. The largest absolute Gasteiger partial charge is 0.378 e. The molecule has 3 heterocycles. The molecule has 2 fully saturated rings. The van der Waals surface area contributed by atoms with Crippen molar-refractivity contribution in [3.05, 3.63) is 18.3 Å². The number of rotatable bonds is 5. The van der Waals surface area contributed by atoms with E-state index in [1.807, 2.05) is 13.0 Å². The molecule has 2 aliphatic rings. The van der Waals surface area contributed by atoms with E-state index in [9.17, 15) is 8.42 Å². The Labute approximate surface area is 138 Å². The third-order valence-electron chi connectivity index (χ3n) is 4.59. The van der Waals surface area contributed by atoms with E-state index in [0.717, 1.165) is 51.2 Å². The van der Waals surface area contributed by atoms with E-state index in [-0.39, 0.29) is 0 Å². The molecular weight excluding hydrogens is 314 g/mol. The van der Waals surface area contributed by atoms with Gasteiger partial charge in [0.05, 0.1) is 6.10 Å². The summed E-state index contributed by atoms with van der Waals surface area (Å²) >= 11 is 0. The Morgan fingerprint density at radius 2 is 1.87 bits per heavy atom. The zero-order chi connectivity index (χ0) is 16.3. The Hall–Kier alpha value is -1.18. The molecule has 0 saturated carbocycles. The lowest BCUT2D eigenvalue weighted by molar-refractivity contribution is 0.0458. The van der Waals surface area contributed by atoms with Gasteiger partial charge in [-0.3, -0.25) is 0 Å². The highest BCUT2D eigenvalue weighted by Crippen LogP contribution is 2.23. The first kappa shape index (κ1) is 16.7. The topological polar surface area (TPSA) is 62.7 Å². The van der Waals surface area contributed by atoms with E-state index < -0.39 is 10.0 Å². The summed E-state index contributed by atoms with van der Waals surface area (Å²) in [6, 6.07) is 3.51. The molecule has 6 nitrogen and oxygen atoms in total. The predicted octanol–water partition coefficient (Wildman–Crippen LogP) is 1.87. The molecule has 0 unspecified atom stereocenters. The van der Waals surface area contributed by atoms with Gasteiger partial charge in [-0.2, -0.15) is 4.31 Å². The zero-order valence-corrected chi connectivity index (χ0v) is 14.5. The molecule has 0 N–H and O–H groups in total. The van der Waals surface area contributed by atoms with Crippen LogP contribution in [0.4, 0.5) is 5.82 Å². The summed E-state index contributed by atoms with van der Waals surface area (Å²) < 4.78 is 32.2. The molecule has 2 aliphatic heterocycles. The lowest BCUT2D eigenvalue weighted by Gasteiger charge is -2.32. The smallest absolute Gasteiger partial charge is 0.244 e. The number of hydrogen-bond acceptors (Lipinski definition) is 5. The maximum absolute atomic E-state index is 12.5. The van der Waals surface area contributed by atoms with E-state index in [1.54, 1.807) is 10.4 Å². The maximum atomic E-state index is 12.5. The summed E-state index contributed by atoms with van der Waals surface area (Å²) in [5.74, 6) is 0.848. The molecule has 0 spiro atoms. The Kier molecular flexibility index (Phi) is 5.18. The van der Waals surface area contributed by atoms with Gasteiger partial charge in [0.15, 0.2) is 0 Å². The van der Waals surface area contributed by atoms with Gasteiger partial charge < -0.3 is 9.64 Å². The van der Waals surface area contributed by atoms with Crippen LogP contribution in [0.1, 0.15) is 32.6 Å². The average molecular weight is 339 g/mol. The monoisotopic (exact) mass is 339 g/mol. The van der Waals surface area contributed by atoms with Crippen molar-refractivity contribution in [2.45, 2.75) is 43.6 Å². The number of pyridine rings is 1. The van der Waals surface area contributed by atoms with Crippen LogP contribution >= 0.6 is 0 Å². The van der Waals surface area contributed by atoms with Crippen molar-refractivity contribution >= 4 is 15.8 Å². The van der Waals surface area contributed by atoms with E-state index in [2.05, 4.69) is 9.88 Å². The summed E-state index contributed by atoms with van der Waals surface area (Å²) in [5, 5.41) is 0. The quantitative estimate of drug-likeness (QED) is 0.819. The molecule has 0 bridgehead atoms. The third kappa shape index (κ3) is 3.67. The van der Waals surface area contributed by atoms with E-state index in [4.69, 9.17) is 4.74 Å². The number of nitrogens with zero attached hydrogens (tertiary/aromatic N) is 3. The normalized spacial score (nSPS) is 21.0. The summed E-state index contributed by atoms with van der Waals surface area (Å²) in [5.41, 5.74) is 0. The van der Waals surface area contributed by atoms with Gasteiger partial charge in [-0.1, -0.05) is 0 Å².